The van der Waals surface area contributed by atoms with Crippen molar-refractivity contribution in [2.45, 2.75) is 79.5 Å². The van der Waals surface area contributed by atoms with Crippen molar-refractivity contribution in [3.8, 4) is 0 Å². The molecular weight excluding hydrogens is 538 g/mol. The maximum absolute atomic E-state index is 13.6. The highest BCUT2D eigenvalue weighted by atomic mass is 35.5. The van der Waals surface area contributed by atoms with Gasteiger partial charge in [0, 0.05) is 56.5 Å². The maximum Gasteiger partial charge on any atom is 0.243 e. The van der Waals surface area contributed by atoms with Crippen molar-refractivity contribution in [3.05, 3.63) is 0 Å². The summed E-state index contributed by atoms with van der Waals surface area (Å²) in [5, 5.41) is 16.5. The Morgan fingerprint density at radius 1 is 1.13 bits per heavy atom. The van der Waals surface area contributed by atoms with E-state index in [2.05, 4.69) is 33.5 Å². The second-order valence-electron chi connectivity index (χ2n) is 11.5. The van der Waals surface area contributed by atoms with Gasteiger partial charge >= 0.3 is 0 Å². The van der Waals surface area contributed by atoms with Crippen molar-refractivity contribution in [2.24, 2.45) is 23.7 Å². The summed E-state index contributed by atoms with van der Waals surface area (Å²) < 4.78 is 32.8. The fraction of sp³-hybridized carbons (Fsp3) is 0.920. The number of methoxy groups -OCH3 is 1. The Morgan fingerprint density at radius 2 is 1.95 bits per heavy atom. The molecule has 216 valence electrons. The summed E-state index contributed by atoms with van der Waals surface area (Å²) in [5.41, 5.74) is -0.374. The molecule has 38 heavy (non-hydrogen) atoms. The number of rotatable bonds is 6. The lowest BCUT2D eigenvalue weighted by molar-refractivity contribution is -0.137. The van der Waals surface area contributed by atoms with E-state index in [1.165, 1.54) is 0 Å². The number of likely N-dealkylation sites (tertiary alicyclic amines) is 1. The van der Waals surface area contributed by atoms with Gasteiger partial charge in [-0.2, -0.15) is 0 Å². The Balaban J connectivity index is 1.17. The lowest BCUT2D eigenvalue weighted by atomic mass is 9.70. The Bertz CT molecular complexity index is 850. The van der Waals surface area contributed by atoms with E-state index in [1.807, 2.05) is 0 Å². The Hall–Kier alpha value is -0.760. The number of piperidine rings is 3. The minimum atomic E-state index is -2.51. The van der Waals surface area contributed by atoms with E-state index in [0.29, 0.717) is 51.6 Å². The maximum atomic E-state index is 13.6. The molecule has 0 aromatic rings. The minimum absolute atomic E-state index is 0.0120. The molecule has 5 fully saturated rings. The number of thioether (sulfide) groups is 1. The van der Waals surface area contributed by atoms with E-state index in [1.54, 1.807) is 23.8 Å². The third-order valence-corrected chi connectivity index (χ3v) is 10.8. The van der Waals surface area contributed by atoms with Gasteiger partial charge in [0.2, 0.25) is 18.2 Å². The predicted molar refractivity (Wildman–Crippen MR) is 143 cm³/mol. The van der Waals surface area contributed by atoms with Crippen molar-refractivity contribution in [1.82, 2.24) is 31.5 Å². The van der Waals surface area contributed by atoms with Crippen LogP contribution in [0.25, 0.3) is 0 Å². The smallest absolute Gasteiger partial charge is 0.243 e. The number of halogens is 3. The van der Waals surface area contributed by atoms with E-state index in [-0.39, 0.29) is 58.0 Å². The zero-order valence-electron chi connectivity index (χ0n) is 22.0. The van der Waals surface area contributed by atoms with E-state index in [0.717, 1.165) is 12.8 Å². The number of hydrogen-bond acceptors (Lipinski definition) is 8. The molecule has 2 amide bonds. The topological polar surface area (TPSA) is 107 Å². The molecule has 11 atom stereocenters. The van der Waals surface area contributed by atoms with Gasteiger partial charge in [-0.05, 0) is 51.0 Å². The number of alkyl halides is 3. The fourth-order valence-corrected chi connectivity index (χ4v) is 8.80. The number of carbonyl (C=O) groups is 2. The molecule has 0 saturated carbocycles. The molecule has 0 spiro atoms. The summed E-state index contributed by atoms with van der Waals surface area (Å²) in [4.78, 5) is 28.4. The van der Waals surface area contributed by atoms with Gasteiger partial charge in [0.1, 0.15) is 5.50 Å². The lowest BCUT2D eigenvalue weighted by Crippen LogP contribution is -2.58. The molecule has 5 aliphatic rings. The molecule has 5 heterocycles. The van der Waals surface area contributed by atoms with Crippen molar-refractivity contribution in [1.29, 1.82) is 0 Å². The number of ether oxygens (including phenoxy) is 1. The van der Waals surface area contributed by atoms with Gasteiger partial charge in [-0.15, -0.1) is 23.4 Å². The highest BCUT2D eigenvalue weighted by Gasteiger charge is 2.48. The van der Waals surface area contributed by atoms with Crippen molar-refractivity contribution >= 4 is 35.2 Å². The molecule has 5 aliphatic heterocycles. The van der Waals surface area contributed by atoms with Crippen LogP contribution in [0.5, 0.6) is 0 Å². The zero-order valence-corrected chi connectivity index (χ0v) is 23.6. The van der Waals surface area contributed by atoms with Crippen LogP contribution in [0.4, 0.5) is 8.78 Å². The van der Waals surface area contributed by atoms with E-state index in [4.69, 9.17) is 16.3 Å². The van der Waals surface area contributed by atoms with E-state index >= 15 is 0 Å². The Kier molecular flexibility index (Phi) is 9.39. The number of carbonyl (C=O) groups excluding carboxylic acids is 2. The van der Waals surface area contributed by atoms with Gasteiger partial charge in [-0.25, -0.2) is 8.78 Å². The molecule has 0 aromatic carbocycles. The molecule has 0 bridgehead atoms. The second-order valence-corrected chi connectivity index (χ2v) is 13.4. The van der Waals surface area contributed by atoms with Gasteiger partial charge in [-0.1, -0.05) is 0 Å². The molecule has 5 rings (SSSR count). The van der Waals surface area contributed by atoms with Crippen LogP contribution in [0, 0.1) is 23.7 Å². The third kappa shape index (κ3) is 6.11. The first kappa shape index (κ1) is 28.8. The molecule has 13 heteroatoms. The van der Waals surface area contributed by atoms with Crippen molar-refractivity contribution in [2.75, 3.05) is 39.8 Å². The molecule has 5 N–H and O–H groups in total. The van der Waals surface area contributed by atoms with Crippen LogP contribution in [-0.4, -0.2) is 103 Å². The summed E-state index contributed by atoms with van der Waals surface area (Å²) >= 11 is 8.06. The lowest BCUT2D eigenvalue weighted by Gasteiger charge is -2.45. The van der Waals surface area contributed by atoms with Crippen LogP contribution in [0.2, 0.25) is 0 Å². The number of amides is 2. The molecular formula is C25H41ClF2N6O3S. The van der Waals surface area contributed by atoms with Crippen LogP contribution in [0.15, 0.2) is 0 Å². The molecule has 0 aliphatic carbocycles. The van der Waals surface area contributed by atoms with Crippen molar-refractivity contribution < 1.29 is 23.1 Å². The molecule has 5 saturated heterocycles. The van der Waals surface area contributed by atoms with Gasteiger partial charge in [-0.3, -0.25) is 20.2 Å². The largest absolute Gasteiger partial charge is 0.380 e. The van der Waals surface area contributed by atoms with Crippen LogP contribution in [0.1, 0.15) is 32.6 Å². The third-order valence-electron chi connectivity index (χ3n) is 9.14. The van der Waals surface area contributed by atoms with Crippen LogP contribution in [0.3, 0.4) is 0 Å². The standard InChI is InChI=1S/C25H41ClF2N6O3S/c1-12-6-14(15-7-20(26)31-9-18(15)37-2)16(8-30-12)23(35)33-25-32-17-10-34(11-19(17)38-25)24(36)21-13(22(27)28)4-3-5-29-21/h12-22,25,29-32H,3-11H2,1-2H3,(H,33,35). The van der Waals surface area contributed by atoms with Crippen LogP contribution < -0.4 is 26.6 Å². The average molecular weight is 579 g/mol. The van der Waals surface area contributed by atoms with Crippen LogP contribution in [-0.2, 0) is 14.3 Å². The first-order valence-corrected chi connectivity index (χ1v) is 15.3. The number of nitrogens with zero attached hydrogens (tertiary/aromatic N) is 1. The quantitative estimate of drug-likeness (QED) is 0.232. The highest BCUT2D eigenvalue weighted by molar-refractivity contribution is 8.00. The zero-order chi connectivity index (χ0) is 27.0. The van der Waals surface area contributed by atoms with E-state index < -0.39 is 18.4 Å². The Labute approximate surface area is 232 Å². The molecule has 0 radical (unpaired) electrons. The van der Waals surface area contributed by atoms with Gasteiger partial charge < -0.3 is 25.6 Å². The highest BCUT2D eigenvalue weighted by Crippen LogP contribution is 2.39. The SMILES string of the molecule is COC1CNC(Cl)CC1C1CC(C)NCC1C(=O)NC1NC2CN(C(=O)C3NCCCC3C(F)F)CC2S1. The molecule has 11 unspecified atom stereocenters. The number of hydrogen-bond donors (Lipinski definition) is 5. The predicted octanol–water partition coefficient (Wildman–Crippen LogP) is 0.739. The van der Waals surface area contributed by atoms with Gasteiger partial charge in [0.05, 0.1) is 23.6 Å². The summed E-state index contributed by atoms with van der Waals surface area (Å²) in [6.07, 6.45) is 0.178. The average Bonchev–Trinajstić information content (AvgIpc) is 3.47. The second kappa shape index (κ2) is 12.4. The number of fused-ring (bicyclic) bond motifs is 1. The summed E-state index contributed by atoms with van der Waals surface area (Å²) in [6.45, 7) is 4.98. The Morgan fingerprint density at radius 3 is 2.68 bits per heavy atom. The number of nitrogens with one attached hydrogen (secondary N) is 5. The first-order valence-electron chi connectivity index (χ1n) is 13.9. The van der Waals surface area contributed by atoms with Gasteiger partial charge in [0.25, 0.3) is 0 Å². The first-order chi connectivity index (χ1) is 18.2. The molecule has 0 aromatic heterocycles. The normalized spacial score (nSPS) is 43.7. The van der Waals surface area contributed by atoms with Gasteiger partial charge in [0.15, 0.2) is 0 Å². The van der Waals surface area contributed by atoms with Crippen LogP contribution >= 0.6 is 23.4 Å². The van der Waals surface area contributed by atoms with Crippen molar-refractivity contribution in [3.63, 3.8) is 0 Å². The summed E-state index contributed by atoms with van der Waals surface area (Å²) in [5.74, 6) is -0.999. The minimum Gasteiger partial charge on any atom is -0.380 e. The van der Waals surface area contributed by atoms with E-state index in [9.17, 15) is 18.4 Å². The molecule has 9 nitrogen and oxygen atoms in total. The fourth-order valence-electron chi connectivity index (χ4n) is 7.10. The summed E-state index contributed by atoms with van der Waals surface area (Å²) in [7, 11) is 1.72. The monoisotopic (exact) mass is 578 g/mol. The summed E-state index contributed by atoms with van der Waals surface area (Å²) in [6, 6.07) is -0.488.